The number of carbonyl (C=O) groups is 2. The molecule has 0 saturated heterocycles. The number of hydrogen-bond acceptors (Lipinski definition) is 6. The molecule has 0 aliphatic rings. The van der Waals surface area contributed by atoms with Crippen LogP contribution < -0.4 is 10.0 Å². The lowest BCUT2D eigenvalue weighted by atomic mass is 10.0. The van der Waals surface area contributed by atoms with Gasteiger partial charge in [0, 0.05) is 23.4 Å². The fourth-order valence-corrected chi connectivity index (χ4v) is 4.83. The van der Waals surface area contributed by atoms with E-state index in [2.05, 4.69) is 10.0 Å². The van der Waals surface area contributed by atoms with E-state index >= 15 is 0 Å². The Bertz CT molecular complexity index is 1420. The smallest absolute Gasteiger partial charge is 0.326 e. The normalized spacial score (nSPS) is 12.1. The number of sulfonamides is 1. The second-order valence-electron chi connectivity index (χ2n) is 8.50. The van der Waals surface area contributed by atoms with Crippen molar-refractivity contribution in [3.8, 4) is 11.1 Å². The van der Waals surface area contributed by atoms with E-state index in [-0.39, 0.29) is 27.8 Å². The number of carbonyl (C=O) groups excluding carboxylic acids is 1. The van der Waals surface area contributed by atoms with E-state index in [0.717, 1.165) is 6.07 Å². The molecule has 0 aromatic heterocycles. The molecular formula is C25H25N3O7S. The predicted octanol–water partition coefficient (Wildman–Crippen LogP) is 4.21. The number of amides is 1. The number of anilines is 1. The maximum Gasteiger partial charge on any atom is 0.326 e. The zero-order valence-corrected chi connectivity index (χ0v) is 20.6. The third kappa shape index (κ3) is 6.05. The van der Waals surface area contributed by atoms with Gasteiger partial charge in [-0.2, -0.15) is 0 Å². The molecule has 188 valence electrons. The van der Waals surface area contributed by atoms with Gasteiger partial charge in [-0.3, -0.25) is 19.6 Å². The summed E-state index contributed by atoms with van der Waals surface area (Å²) in [5.74, 6) is -1.92. The van der Waals surface area contributed by atoms with Crippen molar-refractivity contribution in [1.82, 2.24) is 5.32 Å². The van der Waals surface area contributed by atoms with Crippen LogP contribution in [0, 0.1) is 23.0 Å². The minimum atomic E-state index is -4.10. The number of aryl methyl sites for hydroxylation is 1. The molecule has 0 aliphatic carbocycles. The van der Waals surface area contributed by atoms with Gasteiger partial charge < -0.3 is 10.4 Å². The first-order valence-electron chi connectivity index (χ1n) is 10.9. The van der Waals surface area contributed by atoms with Gasteiger partial charge in [0.1, 0.15) is 6.04 Å². The lowest BCUT2D eigenvalue weighted by Crippen LogP contribution is -2.44. The van der Waals surface area contributed by atoms with Crippen LogP contribution in [0.15, 0.2) is 71.6 Å². The first kappa shape index (κ1) is 26.4. The van der Waals surface area contributed by atoms with Gasteiger partial charge in [0.05, 0.1) is 9.82 Å². The van der Waals surface area contributed by atoms with Crippen molar-refractivity contribution in [2.75, 3.05) is 4.72 Å². The highest BCUT2D eigenvalue weighted by atomic mass is 32.2. The molecule has 1 unspecified atom stereocenters. The number of nitro benzene ring substituents is 1. The number of rotatable bonds is 9. The lowest BCUT2D eigenvalue weighted by molar-refractivity contribution is -0.385. The summed E-state index contributed by atoms with van der Waals surface area (Å²) in [6, 6.07) is 15.6. The molecule has 10 nitrogen and oxygen atoms in total. The summed E-state index contributed by atoms with van der Waals surface area (Å²) in [5, 5.41) is 22.8. The van der Waals surface area contributed by atoms with Crippen molar-refractivity contribution in [1.29, 1.82) is 0 Å². The zero-order valence-electron chi connectivity index (χ0n) is 19.8. The van der Waals surface area contributed by atoms with Crippen LogP contribution in [0.2, 0.25) is 0 Å². The molecule has 0 fully saturated rings. The summed E-state index contributed by atoms with van der Waals surface area (Å²) in [5.41, 5.74) is 1.91. The zero-order chi connectivity index (χ0) is 26.6. The standard InChI is InChI=1S/C25H25N3O7S/c1-15(2)23(25(30)31)26-24(29)18-10-8-17(9-11-18)19-5-4-6-20(13-19)27-36(34,35)22-14-21(28(32)33)12-7-16(22)3/h4-15,23,27H,1-3H3,(H,26,29)(H,30,31). The van der Waals surface area contributed by atoms with Crippen LogP contribution in [0.5, 0.6) is 0 Å². The van der Waals surface area contributed by atoms with E-state index in [1.165, 1.54) is 12.1 Å². The average molecular weight is 512 g/mol. The molecule has 0 radical (unpaired) electrons. The summed E-state index contributed by atoms with van der Waals surface area (Å²) >= 11 is 0. The van der Waals surface area contributed by atoms with Crippen LogP contribution >= 0.6 is 0 Å². The molecule has 3 aromatic rings. The Hall–Kier alpha value is -4.25. The van der Waals surface area contributed by atoms with E-state index in [4.69, 9.17) is 0 Å². The summed E-state index contributed by atoms with van der Waals surface area (Å²) < 4.78 is 28.3. The fourth-order valence-electron chi connectivity index (χ4n) is 3.52. The van der Waals surface area contributed by atoms with Gasteiger partial charge in [-0.25, -0.2) is 13.2 Å². The highest BCUT2D eigenvalue weighted by Crippen LogP contribution is 2.27. The molecule has 11 heteroatoms. The second kappa shape index (κ2) is 10.6. The number of nitro groups is 1. The predicted molar refractivity (Wildman–Crippen MR) is 134 cm³/mol. The van der Waals surface area contributed by atoms with Crippen molar-refractivity contribution in [2.24, 2.45) is 5.92 Å². The number of hydrogen-bond donors (Lipinski definition) is 3. The fraction of sp³-hybridized carbons (Fsp3) is 0.200. The Balaban J connectivity index is 1.82. The Morgan fingerprint density at radius 3 is 2.22 bits per heavy atom. The minimum absolute atomic E-state index is 0.196. The van der Waals surface area contributed by atoms with Crippen molar-refractivity contribution in [3.63, 3.8) is 0 Å². The van der Waals surface area contributed by atoms with Gasteiger partial charge in [-0.15, -0.1) is 0 Å². The number of carboxylic acids is 1. The molecule has 0 spiro atoms. The first-order chi connectivity index (χ1) is 16.9. The third-order valence-corrected chi connectivity index (χ3v) is 7.01. The number of nitrogens with one attached hydrogen (secondary N) is 2. The number of nitrogens with zero attached hydrogens (tertiary/aromatic N) is 1. The van der Waals surface area contributed by atoms with Crippen molar-refractivity contribution < 1.29 is 28.0 Å². The molecule has 3 rings (SSSR count). The number of benzene rings is 3. The minimum Gasteiger partial charge on any atom is -0.480 e. The van der Waals surface area contributed by atoms with E-state index in [9.17, 15) is 33.2 Å². The number of carboxylic acid groups (broad SMARTS) is 1. The van der Waals surface area contributed by atoms with Crippen LogP contribution in [-0.4, -0.2) is 36.4 Å². The van der Waals surface area contributed by atoms with E-state index in [0.29, 0.717) is 16.7 Å². The molecule has 1 amide bonds. The quantitative estimate of drug-likeness (QED) is 0.287. The Labute approximate surface area is 208 Å². The Kier molecular flexibility index (Phi) is 7.74. The van der Waals surface area contributed by atoms with Crippen LogP contribution in [0.25, 0.3) is 11.1 Å². The van der Waals surface area contributed by atoms with E-state index in [1.54, 1.807) is 69.3 Å². The van der Waals surface area contributed by atoms with Gasteiger partial charge in [0.15, 0.2) is 0 Å². The Morgan fingerprint density at radius 1 is 0.972 bits per heavy atom. The van der Waals surface area contributed by atoms with Crippen molar-refractivity contribution in [2.45, 2.75) is 31.7 Å². The summed E-state index contributed by atoms with van der Waals surface area (Å²) in [6.45, 7) is 4.94. The topological polar surface area (TPSA) is 156 Å². The van der Waals surface area contributed by atoms with Crippen LogP contribution in [0.3, 0.4) is 0 Å². The number of non-ortho nitro benzene ring substituents is 1. The molecule has 3 N–H and O–H groups in total. The summed E-state index contributed by atoms with van der Waals surface area (Å²) in [6.07, 6.45) is 0. The largest absolute Gasteiger partial charge is 0.480 e. The molecular weight excluding hydrogens is 486 g/mol. The van der Waals surface area contributed by atoms with E-state index in [1.807, 2.05) is 0 Å². The molecule has 0 aliphatic heterocycles. The van der Waals surface area contributed by atoms with Crippen molar-refractivity contribution >= 4 is 33.3 Å². The maximum absolute atomic E-state index is 12.9. The van der Waals surface area contributed by atoms with Crippen molar-refractivity contribution in [3.05, 3.63) is 88.0 Å². The summed E-state index contributed by atoms with van der Waals surface area (Å²) in [4.78, 5) is 34.0. The van der Waals surface area contributed by atoms with Gasteiger partial charge in [-0.1, -0.05) is 44.2 Å². The van der Waals surface area contributed by atoms with Gasteiger partial charge in [0.25, 0.3) is 21.6 Å². The maximum atomic E-state index is 12.9. The molecule has 36 heavy (non-hydrogen) atoms. The monoisotopic (exact) mass is 511 g/mol. The van der Waals surface area contributed by atoms with Crippen LogP contribution in [-0.2, 0) is 14.8 Å². The molecule has 3 aromatic carbocycles. The first-order valence-corrected chi connectivity index (χ1v) is 12.4. The SMILES string of the molecule is Cc1ccc([N+](=O)[O-])cc1S(=O)(=O)Nc1cccc(-c2ccc(C(=O)NC(C(=O)O)C(C)C)cc2)c1. The van der Waals surface area contributed by atoms with E-state index < -0.39 is 32.9 Å². The second-order valence-corrected chi connectivity index (χ2v) is 10.2. The molecule has 1 atom stereocenters. The number of aliphatic carboxylic acids is 1. The van der Waals surface area contributed by atoms with Gasteiger partial charge in [-0.05, 0) is 53.8 Å². The molecule has 0 saturated carbocycles. The lowest BCUT2D eigenvalue weighted by Gasteiger charge is -2.18. The van der Waals surface area contributed by atoms with Gasteiger partial charge >= 0.3 is 5.97 Å². The Morgan fingerprint density at radius 2 is 1.64 bits per heavy atom. The third-order valence-electron chi connectivity index (χ3n) is 5.49. The molecule has 0 bridgehead atoms. The summed E-state index contributed by atoms with van der Waals surface area (Å²) in [7, 11) is -4.10. The average Bonchev–Trinajstić information content (AvgIpc) is 2.82. The van der Waals surface area contributed by atoms with Crippen LogP contribution in [0.1, 0.15) is 29.8 Å². The highest BCUT2D eigenvalue weighted by molar-refractivity contribution is 7.92. The van der Waals surface area contributed by atoms with Gasteiger partial charge in [0.2, 0.25) is 0 Å². The molecule has 0 heterocycles. The van der Waals surface area contributed by atoms with Crippen LogP contribution in [0.4, 0.5) is 11.4 Å². The highest BCUT2D eigenvalue weighted by Gasteiger charge is 2.24.